The van der Waals surface area contributed by atoms with E-state index in [1.807, 2.05) is 23.5 Å². The molecule has 0 N–H and O–H groups in total. The second-order valence-corrected chi connectivity index (χ2v) is 9.10. The van der Waals surface area contributed by atoms with E-state index in [0.29, 0.717) is 4.08 Å². The maximum absolute atomic E-state index is 4.33. The van der Waals surface area contributed by atoms with Crippen LogP contribution in [0.15, 0.2) is 0 Å². The zero-order valence-corrected chi connectivity index (χ0v) is 12.0. The summed E-state index contributed by atoms with van der Waals surface area (Å²) >= 11 is 14.7. The van der Waals surface area contributed by atoms with Crippen LogP contribution < -0.4 is 0 Å². The quantitative estimate of drug-likeness (QED) is 0.590. The summed E-state index contributed by atoms with van der Waals surface area (Å²) in [5, 5.41) is 2.66. The van der Waals surface area contributed by atoms with Gasteiger partial charge in [0.15, 0.2) is 0 Å². The predicted molar refractivity (Wildman–Crippen MR) is 76.8 cm³/mol. The van der Waals surface area contributed by atoms with Gasteiger partial charge in [0, 0.05) is 15.4 Å². The highest BCUT2D eigenvalue weighted by atomic mass is 32.2. The fourth-order valence-electron chi connectivity index (χ4n) is 1.55. The minimum atomic E-state index is 0.411. The van der Waals surface area contributed by atoms with E-state index in [9.17, 15) is 0 Å². The molecular weight excluding hydrogens is 256 g/mol. The fraction of sp³-hybridized carbons (Fsp3) is 1.00. The van der Waals surface area contributed by atoms with Gasteiger partial charge in [-0.3, -0.25) is 0 Å². The van der Waals surface area contributed by atoms with E-state index in [0.717, 1.165) is 15.4 Å². The van der Waals surface area contributed by atoms with Crippen molar-refractivity contribution in [1.29, 1.82) is 0 Å². The molecule has 1 aliphatic rings. The van der Waals surface area contributed by atoms with Crippen LogP contribution in [0.25, 0.3) is 0 Å². The fourth-order valence-corrected chi connectivity index (χ4v) is 7.69. The topological polar surface area (TPSA) is 0 Å². The maximum atomic E-state index is 4.33. The molecule has 1 aliphatic heterocycles. The molecule has 1 unspecified atom stereocenters. The minimum Gasteiger partial charge on any atom is -0.168 e. The Kier molecular flexibility index (Phi) is 6.27. The Bertz CT molecular complexity index is 138. The average molecular weight is 273 g/mol. The number of rotatable bonds is 4. The molecule has 0 aromatic heterocycles. The third kappa shape index (κ3) is 4.01. The van der Waals surface area contributed by atoms with Crippen LogP contribution in [0.2, 0.25) is 0 Å². The molecule has 1 atom stereocenters. The lowest BCUT2D eigenvalue weighted by Gasteiger charge is -2.38. The number of thiol groups is 2. The van der Waals surface area contributed by atoms with Gasteiger partial charge in [-0.15, -0.1) is 23.5 Å². The molecule has 1 saturated heterocycles. The van der Waals surface area contributed by atoms with Gasteiger partial charge in [-0.1, -0.05) is 6.92 Å². The smallest absolute Gasteiger partial charge is 0.0645 e. The first-order valence-corrected chi connectivity index (χ1v) is 8.62. The largest absolute Gasteiger partial charge is 0.168 e. The van der Waals surface area contributed by atoms with Gasteiger partial charge in [0.05, 0.1) is 4.08 Å². The Morgan fingerprint density at radius 1 is 1.38 bits per heavy atom. The van der Waals surface area contributed by atoms with Crippen LogP contribution in [-0.4, -0.2) is 25.3 Å². The van der Waals surface area contributed by atoms with E-state index in [1.165, 1.54) is 18.6 Å². The van der Waals surface area contributed by atoms with Crippen molar-refractivity contribution in [2.45, 2.75) is 29.1 Å². The summed E-state index contributed by atoms with van der Waals surface area (Å²) in [6.07, 6.45) is 2.60. The lowest BCUT2D eigenvalue weighted by atomic mass is 10.2. The molecule has 13 heavy (non-hydrogen) atoms. The molecule has 0 spiro atoms. The van der Waals surface area contributed by atoms with E-state index in [4.69, 9.17) is 0 Å². The second kappa shape index (κ2) is 6.36. The molecule has 0 bridgehead atoms. The van der Waals surface area contributed by atoms with Crippen molar-refractivity contribution in [3.63, 3.8) is 0 Å². The van der Waals surface area contributed by atoms with Crippen LogP contribution in [0.4, 0.5) is 0 Å². The highest BCUT2D eigenvalue weighted by molar-refractivity contribution is 8.24. The SMILES string of the molecule is CC1CC(SCS)(SCS)CCS1. The number of hydrogen-bond donors (Lipinski definition) is 2. The van der Waals surface area contributed by atoms with Gasteiger partial charge in [-0.05, 0) is 18.6 Å². The van der Waals surface area contributed by atoms with Crippen LogP contribution >= 0.6 is 60.5 Å². The van der Waals surface area contributed by atoms with Gasteiger partial charge in [0.25, 0.3) is 0 Å². The Morgan fingerprint density at radius 3 is 2.46 bits per heavy atom. The zero-order chi connectivity index (χ0) is 9.73. The normalized spacial score (nSPS) is 27.5. The lowest BCUT2D eigenvalue weighted by molar-refractivity contribution is 0.670. The summed E-state index contributed by atoms with van der Waals surface area (Å²) < 4.78 is 0.411. The third-order valence-corrected chi connectivity index (χ3v) is 6.85. The van der Waals surface area contributed by atoms with Gasteiger partial charge in [-0.2, -0.15) is 37.0 Å². The van der Waals surface area contributed by atoms with E-state index < -0.39 is 0 Å². The Hall–Kier alpha value is 1.75. The predicted octanol–water partition coefficient (Wildman–Crippen LogP) is 3.84. The molecule has 1 rings (SSSR count). The minimum absolute atomic E-state index is 0.411. The number of thioether (sulfide) groups is 3. The molecule has 0 aromatic rings. The molecule has 1 fully saturated rings. The highest BCUT2D eigenvalue weighted by Crippen LogP contribution is 2.50. The first-order chi connectivity index (χ1) is 6.22. The highest BCUT2D eigenvalue weighted by Gasteiger charge is 2.35. The summed E-state index contributed by atoms with van der Waals surface area (Å²) in [7, 11) is 0. The Balaban J connectivity index is 2.53. The molecule has 0 aromatic carbocycles. The summed E-state index contributed by atoms with van der Waals surface area (Å²) in [5.74, 6) is 1.29. The third-order valence-electron chi connectivity index (χ3n) is 2.14. The Morgan fingerprint density at radius 2 is 2.00 bits per heavy atom. The van der Waals surface area contributed by atoms with Crippen LogP contribution in [0.1, 0.15) is 19.8 Å². The summed E-state index contributed by atoms with van der Waals surface area (Å²) in [4.78, 5) is 0. The monoisotopic (exact) mass is 272 g/mol. The number of hydrogen-bond acceptors (Lipinski definition) is 5. The van der Waals surface area contributed by atoms with Crippen molar-refractivity contribution in [2.24, 2.45) is 0 Å². The molecule has 0 radical (unpaired) electrons. The molecule has 0 amide bonds. The zero-order valence-electron chi connectivity index (χ0n) is 7.73. The summed E-state index contributed by atoms with van der Waals surface area (Å²) in [5.41, 5.74) is 0. The summed E-state index contributed by atoms with van der Waals surface area (Å²) in [6, 6.07) is 0. The van der Waals surface area contributed by atoms with E-state index in [1.54, 1.807) is 0 Å². The van der Waals surface area contributed by atoms with Gasteiger partial charge in [-0.25, -0.2) is 0 Å². The van der Waals surface area contributed by atoms with Crippen molar-refractivity contribution < 1.29 is 0 Å². The lowest BCUT2D eigenvalue weighted by Crippen LogP contribution is -2.30. The van der Waals surface area contributed by atoms with Gasteiger partial charge >= 0.3 is 0 Å². The molecule has 0 aliphatic carbocycles. The molecule has 78 valence electrons. The van der Waals surface area contributed by atoms with Crippen molar-refractivity contribution in [3.8, 4) is 0 Å². The van der Waals surface area contributed by atoms with Gasteiger partial charge < -0.3 is 0 Å². The molecule has 1 heterocycles. The molecule has 0 nitrogen and oxygen atoms in total. The van der Waals surface area contributed by atoms with Crippen LogP contribution in [0, 0.1) is 0 Å². The molecular formula is C8H16S5. The molecule has 5 heteroatoms. The van der Waals surface area contributed by atoms with E-state index in [2.05, 4.69) is 43.9 Å². The van der Waals surface area contributed by atoms with Crippen LogP contribution in [0.5, 0.6) is 0 Å². The maximum Gasteiger partial charge on any atom is 0.0645 e. The first-order valence-electron chi connectivity index (χ1n) is 4.34. The van der Waals surface area contributed by atoms with Crippen LogP contribution in [0.3, 0.4) is 0 Å². The first kappa shape index (κ1) is 12.8. The standard InChI is InChI=1S/C8H16S5/c1-7-4-8(12-5-9,13-6-10)2-3-11-7/h7,9-10H,2-6H2,1H3. The second-order valence-electron chi connectivity index (χ2n) is 3.09. The van der Waals surface area contributed by atoms with E-state index >= 15 is 0 Å². The van der Waals surface area contributed by atoms with E-state index in [-0.39, 0.29) is 0 Å². The van der Waals surface area contributed by atoms with Crippen molar-refractivity contribution in [3.05, 3.63) is 0 Å². The van der Waals surface area contributed by atoms with Crippen molar-refractivity contribution in [2.75, 3.05) is 15.9 Å². The summed E-state index contributed by atoms with van der Waals surface area (Å²) in [6.45, 7) is 2.33. The Labute approximate surface area is 105 Å². The van der Waals surface area contributed by atoms with Gasteiger partial charge in [0.2, 0.25) is 0 Å². The molecule has 0 saturated carbocycles. The van der Waals surface area contributed by atoms with Gasteiger partial charge in [0.1, 0.15) is 0 Å². The average Bonchev–Trinajstić information content (AvgIpc) is 2.04. The van der Waals surface area contributed by atoms with Crippen molar-refractivity contribution in [1.82, 2.24) is 0 Å². The van der Waals surface area contributed by atoms with Crippen LogP contribution in [-0.2, 0) is 0 Å². The van der Waals surface area contributed by atoms with Crippen molar-refractivity contribution >= 4 is 60.5 Å².